The zero-order chi connectivity index (χ0) is 16.3. The van der Waals surface area contributed by atoms with Gasteiger partial charge in [-0.1, -0.05) is 12.1 Å². The van der Waals surface area contributed by atoms with E-state index in [4.69, 9.17) is 12.2 Å². The van der Waals surface area contributed by atoms with Crippen molar-refractivity contribution >= 4 is 23.0 Å². The number of hydrogen-bond acceptors (Lipinski definition) is 2. The summed E-state index contributed by atoms with van der Waals surface area (Å²) < 4.78 is 2.02. The third-order valence-corrected chi connectivity index (χ3v) is 4.36. The Bertz CT molecular complexity index is 688. The summed E-state index contributed by atoms with van der Waals surface area (Å²) in [6, 6.07) is 6.18. The number of hydrogen-bond donors (Lipinski definition) is 2. The molecule has 0 bridgehead atoms. The van der Waals surface area contributed by atoms with E-state index in [0.29, 0.717) is 11.7 Å². The molecule has 0 aliphatic heterocycles. The molecule has 0 fully saturated rings. The van der Waals surface area contributed by atoms with Gasteiger partial charge in [-0.25, -0.2) is 0 Å². The highest BCUT2D eigenvalue weighted by molar-refractivity contribution is 7.80. The molecule has 0 amide bonds. The number of nitrogens with one attached hydrogen (secondary N) is 2. The predicted molar refractivity (Wildman–Crippen MR) is 96.4 cm³/mol. The molecule has 0 atom stereocenters. The summed E-state index contributed by atoms with van der Waals surface area (Å²) >= 11 is 5.41. The largest absolute Gasteiger partial charge is 0.358 e. The fourth-order valence-corrected chi connectivity index (χ4v) is 2.70. The van der Waals surface area contributed by atoms with Crippen molar-refractivity contribution in [2.24, 2.45) is 0 Å². The van der Waals surface area contributed by atoms with Crippen molar-refractivity contribution in [1.82, 2.24) is 15.1 Å². The van der Waals surface area contributed by atoms with Gasteiger partial charge in [-0.05, 0) is 64.0 Å². The highest BCUT2D eigenvalue weighted by Crippen LogP contribution is 2.18. The number of thiocarbonyl (C=S) groups is 1. The lowest BCUT2D eigenvalue weighted by atomic mass is 10.1. The van der Waals surface area contributed by atoms with Crippen molar-refractivity contribution in [1.29, 1.82) is 0 Å². The van der Waals surface area contributed by atoms with Gasteiger partial charge in [0.25, 0.3) is 0 Å². The maximum atomic E-state index is 5.41. The first-order valence-electron chi connectivity index (χ1n) is 7.58. The van der Waals surface area contributed by atoms with Crippen molar-refractivity contribution in [3.63, 3.8) is 0 Å². The summed E-state index contributed by atoms with van der Waals surface area (Å²) in [6.45, 7) is 12.0. The average Bonchev–Trinajstić information content (AvgIpc) is 2.76. The zero-order valence-corrected chi connectivity index (χ0v) is 14.8. The van der Waals surface area contributed by atoms with E-state index in [2.05, 4.69) is 49.5 Å². The Morgan fingerprint density at radius 1 is 1.23 bits per heavy atom. The predicted octanol–water partition coefficient (Wildman–Crippen LogP) is 3.62. The Morgan fingerprint density at radius 2 is 1.95 bits per heavy atom. The molecule has 2 rings (SSSR count). The molecule has 0 saturated carbocycles. The maximum absolute atomic E-state index is 5.41. The van der Waals surface area contributed by atoms with Crippen LogP contribution in [0.5, 0.6) is 0 Å². The van der Waals surface area contributed by atoms with Gasteiger partial charge in [-0.3, -0.25) is 4.68 Å². The minimum atomic E-state index is 0.636. The van der Waals surface area contributed by atoms with Crippen LogP contribution >= 0.6 is 12.2 Å². The molecule has 0 unspecified atom stereocenters. The van der Waals surface area contributed by atoms with Crippen LogP contribution in [0.2, 0.25) is 0 Å². The summed E-state index contributed by atoms with van der Waals surface area (Å²) in [5.74, 6) is 0. The second kappa shape index (κ2) is 6.92. The molecular weight excluding hydrogens is 292 g/mol. The SMILES string of the molecule is CCn1nc(C)c(CNC(=S)Nc2cccc(C)c2C)c1C. The molecule has 1 aromatic carbocycles. The summed E-state index contributed by atoms with van der Waals surface area (Å²) in [4.78, 5) is 0. The van der Waals surface area contributed by atoms with Gasteiger partial charge >= 0.3 is 0 Å². The highest BCUT2D eigenvalue weighted by atomic mass is 32.1. The van der Waals surface area contributed by atoms with E-state index < -0.39 is 0 Å². The molecule has 118 valence electrons. The Morgan fingerprint density at radius 3 is 2.59 bits per heavy atom. The molecule has 0 aliphatic carbocycles. The van der Waals surface area contributed by atoms with Crippen LogP contribution in [0.25, 0.3) is 0 Å². The van der Waals surface area contributed by atoms with Crippen LogP contribution in [-0.4, -0.2) is 14.9 Å². The quantitative estimate of drug-likeness (QED) is 0.845. The van der Waals surface area contributed by atoms with E-state index >= 15 is 0 Å². The number of benzene rings is 1. The van der Waals surface area contributed by atoms with E-state index in [1.165, 1.54) is 22.4 Å². The highest BCUT2D eigenvalue weighted by Gasteiger charge is 2.11. The molecule has 2 N–H and O–H groups in total. The second-order valence-corrected chi connectivity index (χ2v) is 5.93. The molecule has 0 saturated heterocycles. The molecule has 22 heavy (non-hydrogen) atoms. The van der Waals surface area contributed by atoms with Crippen LogP contribution in [0, 0.1) is 27.7 Å². The molecule has 1 heterocycles. The van der Waals surface area contributed by atoms with Gasteiger partial charge in [0.15, 0.2) is 5.11 Å². The number of anilines is 1. The van der Waals surface area contributed by atoms with Crippen molar-refractivity contribution in [3.05, 3.63) is 46.3 Å². The molecule has 0 radical (unpaired) electrons. The number of aromatic nitrogens is 2. The number of rotatable bonds is 4. The van der Waals surface area contributed by atoms with Crippen LogP contribution in [0.15, 0.2) is 18.2 Å². The van der Waals surface area contributed by atoms with Crippen LogP contribution in [-0.2, 0) is 13.1 Å². The van der Waals surface area contributed by atoms with Gasteiger partial charge in [-0.2, -0.15) is 5.10 Å². The standard InChI is InChI=1S/C17H24N4S/c1-6-21-14(5)15(13(4)20-21)10-18-17(22)19-16-9-7-8-11(2)12(16)3/h7-9H,6,10H2,1-5H3,(H2,18,19,22). The number of aryl methyl sites for hydroxylation is 3. The van der Waals surface area contributed by atoms with Gasteiger partial charge in [0.1, 0.15) is 0 Å². The minimum absolute atomic E-state index is 0.636. The first-order valence-corrected chi connectivity index (χ1v) is 7.98. The summed E-state index contributed by atoms with van der Waals surface area (Å²) in [5, 5.41) is 11.7. The molecule has 2 aromatic rings. The van der Waals surface area contributed by atoms with Gasteiger partial charge in [0.2, 0.25) is 0 Å². The van der Waals surface area contributed by atoms with Crippen LogP contribution in [0.4, 0.5) is 5.69 Å². The van der Waals surface area contributed by atoms with E-state index in [1.54, 1.807) is 0 Å². The van der Waals surface area contributed by atoms with Crippen molar-refractivity contribution in [3.8, 4) is 0 Å². The zero-order valence-electron chi connectivity index (χ0n) is 13.9. The third kappa shape index (κ3) is 3.47. The monoisotopic (exact) mass is 316 g/mol. The van der Waals surface area contributed by atoms with Crippen molar-refractivity contribution in [2.75, 3.05) is 5.32 Å². The van der Waals surface area contributed by atoms with Crippen molar-refractivity contribution < 1.29 is 0 Å². The van der Waals surface area contributed by atoms with E-state index in [9.17, 15) is 0 Å². The Balaban J connectivity index is 2.02. The average molecular weight is 316 g/mol. The number of nitrogens with zero attached hydrogens (tertiary/aromatic N) is 2. The van der Waals surface area contributed by atoms with E-state index in [-0.39, 0.29) is 0 Å². The van der Waals surface area contributed by atoms with Gasteiger partial charge < -0.3 is 10.6 Å². The normalized spacial score (nSPS) is 10.6. The topological polar surface area (TPSA) is 41.9 Å². The lowest BCUT2D eigenvalue weighted by Crippen LogP contribution is -2.28. The third-order valence-electron chi connectivity index (χ3n) is 4.11. The first kappa shape index (κ1) is 16.5. The Hall–Kier alpha value is -1.88. The van der Waals surface area contributed by atoms with Crippen LogP contribution in [0.3, 0.4) is 0 Å². The minimum Gasteiger partial charge on any atom is -0.358 e. The lowest BCUT2D eigenvalue weighted by Gasteiger charge is -2.14. The Labute approximate surface area is 137 Å². The van der Waals surface area contributed by atoms with E-state index in [0.717, 1.165) is 17.9 Å². The van der Waals surface area contributed by atoms with Crippen molar-refractivity contribution in [2.45, 2.75) is 47.7 Å². The van der Waals surface area contributed by atoms with Crippen LogP contribution in [0.1, 0.15) is 35.0 Å². The second-order valence-electron chi connectivity index (χ2n) is 5.52. The summed E-state index contributed by atoms with van der Waals surface area (Å²) in [6.07, 6.45) is 0. The first-order chi connectivity index (χ1) is 10.4. The molecule has 1 aromatic heterocycles. The molecular formula is C17H24N4S. The summed E-state index contributed by atoms with van der Waals surface area (Å²) in [5.41, 5.74) is 6.99. The maximum Gasteiger partial charge on any atom is 0.171 e. The van der Waals surface area contributed by atoms with Gasteiger partial charge in [0, 0.05) is 30.0 Å². The summed E-state index contributed by atoms with van der Waals surface area (Å²) in [7, 11) is 0. The lowest BCUT2D eigenvalue weighted by molar-refractivity contribution is 0.633. The molecule has 5 heteroatoms. The Kier molecular flexibility index (Phi) is 5.19. The van der Waals surface area contributed by atoms with Gasteiger partial charge in [-0.15, -0.1) is 0 Å². The molecule has 0 spiro atoms. The fourth-order valence-electron chi connectivity index (χ4n) is 2.52. The molecule has 0 aliphatic rings. The van der Waals surface area contributed by atoms with E-state index in [1.807, 2.05) is 23.7 Å². The van der Waals surface area contributed by atoms with Gasteiger partial charge in [0.05, 0.1) is 5.69 Å². The fraction of sp³-hybridized carbons (Fsp3) is 0.412. The molecule has 4 nitrogen and oxygen atoms in total. The van der Waals surface area contributed by atoms with Crippen LogP contribution < -0.4 is 10.6 Å². The smallest absolute Gasteiger partial charge is 0.171 e.